The minimum Gasteiger partial charge on any atom is -0.464 e. The largest absolute Gasteiger partial charge is 0.464 e. The van der Waals surface area contributed by atoms with Crippen LogP contribution >= 0.6 is 0 Å². The highest BCUT2D eigenvalue weighted by Crippen LogP contribution is 2.40. The number of nitrogens with zero attached hydrogens (tertiary/aromatic N) is 4. The first-order valence-electron chi connectivity index (χ1n) is 11.4. The van der Waals surface area contributed by atoms with Crippen LogP contribution in [0.25, 0.3) is 0 Å². The topological polar surface area (TPSA) is 113 Å². The summed E-state index contributed by atoms with van der Waals surface area (Å²) in [7, 11) is 0. The van der Waals surface area contributed by atoms with Gasteiger partial charge in [0.2, 0.25) is 5.91 Å². The molecule has 0 radical (unpaired) electrons. The van der Waals surface area contributed by atoms with E-state index in [9.17, 15) is 9.59 Å². The van der Waals surface area contributed by atoms with Crippen molar-refractivity contribution in [3.8, 4) is 0 Å². The number of nitrogens with one attached hydrogen (secondary N) is 2. The fourth-order valence-corrected chi connectivity index (χ4v) is 4.62. The van der Waals surface area contributed by atoms with Gasteiger partial charge in [0.05, 0.1) is 7.79 Å². The number of amides is 1. The van der Waals surface area contributed by atoms with E-state index in [2.05, 4.69) is 25.9 Å². The van der Waals surface area contributed by atoms with Crippen molar-refractivity contribution in [3.63, 3.8) is 0 Å². The highest BCUT2D eigenvalue weighted by molar-refractivity contribution is 5.78. The Morgan fingerprint density at radius 3 is 2.79 bits per heavy atom. The maximum Gasteiger partial charge on any atom is 0.323 e. The number of fused-ring (bicyclic) bond motifs is 1. The maximum absolute atomic E-state index is 12.6. The van der Waals surface area contributed by atoms with E-state index in [1.165, 1.54) is 0 Å². The minimum absolute atomic E-state index is 0.0257. The molecule has 1 aromatic heterocycles. The predicted molar refractivity (Wildman–Crippen MR) is 107 cm³/mol. The molecule has 9 nitrogen and oxygen atoms in total. The third-order valence-corrected chi connectivity index (χ3v) is 6.37. The zero-order valence-corrected chi connectivity index (χ0v) is 17.5. The van der Waals surface area contributed by atoms with Gasteiger partial charge in [-0.05, 0) is 63.8 Å². The SMILES string of the molecule is [2H][C@@]1(C(=O)OCCC(=O)N(CC)CC)C[C@H]2C[C@@H](CCc3nn[nH]n3)CC[C@H]2CN1. The summed E-state index contributed by atoms with van der Waals surface area (Å²) in [4.78, 5) is 26.4. The van der Waals surface area contributed by atoms with E-state index < -0.39 is 12.0 Å². The number of rotatable bonds is 9. The van der Waals surface area contributed by atoms with Gasteiger partial charge in [-0.2, -0.15) is 5.21 Å². The molecule has 9 heteroatoms. The molecule has 2 N–H and O–H groups in total. The second-order valence-electron chi connectivity index (χ2n) is 8.08. The standard InChI is InChI=1S/C20H34N6O3/c1-3-26(4-2)19(27)9-10-29-20(28)17-12-16-11-14(5-7-15(16)13-21-17)6-8-18-22-24-25-23-18/h14-17,21H,3-13H2,1-2H3,(H,22,23,24,25)/t14-,15+,16-,17+/m1/s1/i17D. The van der Waals surface area contributed by atoms with Crippen LogP contribution in [0.1, 0.15) is 59.6 Å². The van der Waals surface area contributed by atoms with Gasteiger partial charge >= 0.3 is 5.97 Å². The molecule has 0 spiro atoms. The number of piperidine rings is 1. The van der Waals surface area contributed by atoms with Crippen LogP contribution in [0.2, 0.25) is 0 Å². The van der Waals surface area contributed by atoms with Crippen molar-refractivity contribution in [1.29, 1.82) is 0 Å². The van der Waals surface area contributed by atoms with E-state index >= 15 is 0 Å². The maximum atomic E-state index is 12.6. The summed E-state index contributed by atoms with van der Waals surface area (Å²) in [6.07, 6.45) is 5.69. The molecule has 2 heterocycles. The van der Waals surface area contributed by atoms with Gasteiger partial charge in [0.15, 0.2) is 5.82 Å². The van der Waals surface area contributed by atoms with Gasteiger partial charge in [0.1, 0.15) is 12.6 Å². The molecule has 1 saturated carbocycles. The van der Waals surface area contributed by atoms with Crippen LogP contribution in [0.3, 0.4) is 0 Å². The van der Waals surface area contributed by atoms with Gasteiger partial charge in [0, 0.05) is 19.5 Å². The van der Waals surface area contributed by atoms with E-state index in [1.807, 2.05) is 13.8 Å². The number of carbonyl (C=O) groups excluding carboxylic acids is 2. The number of aryl methyl sites for hydroxylation is 1. The normalized spacial score (nSPS) is 29.6. The molecular formula is C20H34N6O3. The Kier molecular flexibility index (Phi) is 7.45. The van der Waals surface area contributed by atoms with Crippen LogP contribution in [0.15, 0.2) is 0 Å². The van der Waals surface area contributed by atoms with Crippen molar-refractivity contribution in [2.45, 2.75) is 64.8 Å². The first-order valence-corrected chi connectivity index (χ1v) is 10.9. The lowest BCUT2D eigenvalue weighted by Gasteiger charge is -2.42. The van der Waals surface area contributed by atoms with Gasteiger partial charge in [0.25, 0.3) is 0 Å². The number of hydrogen-bond acceptors (Lipinski definition) is 7. The Bertz CT molecular complexity index is 699. The molecule has 3 rings (SSSR count). The van der Waals surface area contributed by atoms with Crippen LogP contribution in [-0.2, 0) is 20.7 Å². The molecule has 4 atom stereocenters. The van der Waals surface area contributed by atoms with Gasteiger partial charge in [-0.3, -0.25) is 9.59 Å². The monoisotopic (exact) mass is 407 g/mol. The second kappa shape index (κ2) is 10.7. The van der Waals surface area contributed by atoms with Gasteiger partial charge in [-0.15, -0.1) is 10.2 Å². The number of aromatic nitrogens is 4. The van der Waals surface area contributed by atoms with Gasteiger partial charge < -0.3 is 15.0 Å². The van der Waals surface area contributed by atoms with E-state index in [-0.39, 0.29) is 18.9 Å². The highest BCUT2D eigenvalue weighted by Gasteiger charge is 2.38. The number of aromatic amines is 1. The van der Waals surface area contributed by atoms with Crippen LogP contribution in [-0.4, -0.2) is 69.7 Å². The van der Waals surface area contributed by atoms with Crippen molar-refractivity contribution >= 4 is 11.9 Å². The van der Waals surface area contributed by atoms with Crippen molar-refractivity contribution in [3.05, 3.63) is 5.82 Å². The summed E-state index contributed by atoms with van der Waals surface area (Å²) in [5.74, 6) is 1.52. The lowest BCUT2D eigenvalue weighted by Crippen LogP contribution is -2.50. The van der Waals surface area contributed by atoms with E-state index in [1.54, 1.807) is 4.90 Å². The zero-order chi connectivity index (χ0) is 21.6. The lowest BCUT2D eigenvalue weighted by atomic mass is 9.69. The van der Waals surface area contributed by atoms with Crippen molar-refractivity contribution < 1.29 is 15.7 Å². The third kappa shape index (κ3) is 5.98. The Morgan fingerprint density at radius 1 is 1.24 bits per heavy atom. The molecule has 1 amide bonds. The summed E-state index contributed by atoms with van der Waals surface area (Å²) in [6, 6.07) is -1.42. The Labute approximate surface area is 173 Å². The number of carbonyl (C=O) groups is 2. The summed E-state index contributed by atoms with van der Waals surface area (Å²) < 4.78 is 14.0. The van der Waals surface area contributed by atoms with E-state index in [0.29, 0.717) is 43.8 Å². The minimum atomic E-state index is -1.42. The molecule has 1 aromatic rings. The second-order valence-corrected chi connectivity index (χ2v) is 8.08. The van der Waals surface area contributed by atoms with Crippen molar-refractivity contribution in [2.75, 3.05) is 26.2 Å². The molecule has 1 aliphatic carbocycles. The smallest absolute Gasteiger partial charge is 0.323 e. The quantitative estimate of drug-likeness (QED) is 0.594. The number of tetrazole rings is 1. The fraction of sp³-hybridized carbons (Fsp3) is 0.850. The Morgan fingerprint density at radius 2 is 2.07 bits per heavy atom. The Balaban J connectivity index is 1.47. The average Bonchev–Trinajstić information content (AvgIpc) is 3.26. The van der Waals surface area contributed by atoms with Crippen LogP contribution < -0.4 is 5.32 Å². The molecule has 1 saturated heterocycles. The zero-order valence-electron chi connectivity index (χ0n) is 18.5. The molecule has 0 unspecified atom stereocenters. The molecule has 29 heavy (non-hydrogen) atoms. The average molecular weight is 408 g/mol. The van der Waals surface area contributed by atoms with Gasteiger partial charge in [-0.25, -0.2) is 0 Å². The fourth-order valence-electron chi connectivity index (χ4n) is 4.62. The van der Waals surface area contributed by atoms with Crippen LogP contribution in [0.4, 0.5) is 0 Å². The van der Waals surface area contributed by atoms with Crippen LogP contribution in [0.5, 0.6) is 0 Å². The number of H-pyrrole nitrogens is 1. The molecule has 0 aromatic carbocycles. The first kappa shape index (κ1) is 20.3. The predicted octanol–water partition coefficient (Wildman–Crippen LogP) is 1.33. The lowest BCUT2D eigenvalue weighted by molar-refractivity contribution is -0.149. The van der Waals surface area contributed by atoms with E-state index in [4.69, 9.17) is 6.11 Å². The molecular weight excluding hydrogens is 372 g/mol. The molecule has 2 fully saturated rings. The van der Waals surface area contributed by atoms with E-state index in [0.717, 1.165) is 37.9 Å². The number of ether oxygens (including phenoxy) is 1. The third-order valence-electron chi connectivity index (χ3n) is 6.37. The number of hydrogen-bond donors (Lipinski definition) is 2. The Hall–Kier alpha value is -2.03. The molecule has 162 valence electrons. The van der Waals surface area contributed by atoms with Gasteiger partial charge in [-0.1, -0.05) is 11.6 Å². The summed E-state index contributed by atoms with van der Waals surface area (Å²) in [5, 5.41) is 17.2. The summed E-state index contributed by atoms with van der Waals surface area (Å²) in [5.41, 5.74) is 0. The summed E-state index contributed by atoms with van der Waals surface area (Å²) >= 11 is 0. The summed E-state index contributed by atoms with van der Waals surface area (Å²) in [6.45, 7) is 5.83. The number of esters is 1. The molecule has 0 bridgehead atoms. The molecule has 2 aliphatic rings. The van der Waals surface area contributed by atoms with Crippen molar-refractivity contribution in [1.82, 2.24) is 30.8 Å². The molecule has 1 aliphatic heterocycles. The first-order chi connectivity index (χ1) is 14.4. The highest BCUT2D eigenvalue weighted by atomic mass is 16.5. The van der Waals surface area contributed by atoms with Crippen molar-refractivity contribution in [2.24, 2.45) is 17.8 Å². The van der Waals surface area contributed by atoms with Crippen LogP contribution in [0, 0.1) is 17.8 Å².